The Labute approximate surface area is 145 Å². The third kappa shape index (κ3) is 2.79. The maximum Gasteiger partial charge on any atom is 0.326 e. The van der Waals surface area contributed by atoms with Gasteiger partial charge in [-0.15, -0.1) is 0 Å². The second kappa shape index (κ2) is 6.31. The largest absolute Gasteiger partial charge is 0.480 e. The fraction of sp³-hybridized carbons (Fsp3) is 0.444. The van der Waals surface area contributed by atoms with Crippen molar-refractivity contribution in [1.82, 2.24) is 19.7 Å². The Morgan fingerprint density at radius 1 is 1.12 bits per heavy atom. The molecule has 1 N–H and O–H groups in total. The molecule has 130 valence electrons. The molecule has 2 heterocycles. The van der Waals surface area contributed by atoms with Crippen LogP contribution in [0.25, 0.3) is 5.69 Å². The maximum atomic E-state index is 13.0. The van der Waals surface area contributed by atoms with E-state index in [4.69, 9.17) is 0 Å². The quantitative estimate of drug-likeness (QED) is 0.924. The van der Waals surface area contributed by atoms with Crippen molar-refractivity contribution in [2.24, 2.45) is 5.92 Å². The molecule has 7 nitrogen and oxygen atoms in total. The highest BCUT2D eigenvalue weighted by atomic mass is 16.4. The van der Waals surface area contributed by atoms with Gasteiger partial charge in [0.05, 0.1) is 5.69 Å². The molecule has 1 aliphatic carbocycles. The van der Waals surface area contributed by atoms with Crippen molar-refractivity contribution in [2.75, 3.05) is 0 Å². The van der Waals surface area contributed by atoms with E-state index in [-0.39, 0.29) is 11.9 Å². The number of aliphatic carboxylic acids is 1. The summed E-state index contributed by atoms with van der Waals surface area (Å²) in [7, 11) is 0. The van der Waals surface area contributed by atoms with Gasteiger partial charge in [0.1, 0.15) is 18.7 Å². The first kappa shape index (κ1) is 15.8. The van der Waals surface area contributed by atoms with Crippen molar-refractivity contribution in [2.45, 2.75) is 44.2 Å². The summed E-state index contributed by atoms with van der Waals surface area (Å²) in [4.78, 5) is 30.3. The van der Waals surface area contributed by atoms with Crippen molar-refractivity contribution in [3.05, 3.63) is 42.5 Å². The van der Waals surface area contributed by atoms with Gasteiger partial charge in [0.15, 0.2) is 0 Å². The fourth-order valence-corrected chi connectivity index (χ4v) is 4.22. The van der Waals surface area contributed by atoms with E-state index in [1.807, 2.05) is 0 Å². The summed E-state index contributed by atoms with van der Waals surface area (Å²) < 4.78 is 1.61. The first-order valence-corrected chi connectivity index (χ1v) is 8.65. The zero-order valence-corrected chi connectivity index (χ0v) is 13.8. The smallest absolute Gasteiger partial charge is 0.326 e. The molecule has 0 bridgehead atoms. The zero-order chi connectivity index (χ0) is 17.4. The third-order valence-corrected chi connectivity index (χ3v) is 5.41. The van der Waals surface area contributed by atoms with Crippen LogP contribution in [0.1, 0.15) is 42.5 Å². The summed E-state index contributed by atoms with van der Waals surface area (Å²) in [5.74, 6) is -0.776. The lowest BCUT2D eigenvalue weighted by atomic mass is 9.84. The number of fused-ring (bicyclic) bond motifs is 1. The Balaban J connectivity index is 1.61. The highest BCUT2D eigenvalue weighted by Crippen LogP contribution is 2.40. The minimum Gasteiger partial charge on any atom is -0.480 e. The summed E-state index contributed by atoms with van der Waals surface area (Å²) in [6.07, 6.45) is 7.71. The lowest BCUT2D eigenvalue weighted by Crippen LogP contribution is -2.46. The number of carboxylic acid groups (broad SMARTS) is 1. The molecule has 1 saturated carbocycles. The third-order valence-electron chi connectivity index (χ3n) is 5.41. The molecule has 0 unspecified atom stereocenters. The molecule has 1 saturated heterocycles. The first-order chi connectivity index (χ1) is 12.1. The predicted octanol–water partition coefficient (Wildman–Crippen LogP) is 2.13. The SMILES string of the molecule is O=C(O)[C@@H]1C[C@@H]2CCCC[C@@H]2N1C(=O)c1ccc(-n2cncn2)cc1. The summed E-state index contributed by atoms with van der Waals surface area (Å²) in [6.45, 7) is 0. The Kier molecular flexibility index (Phi) is 3.99. The zero-order valence-electron chi connectivity index (χ0n) is 13.8. The molecule has 1 aliphatic heterocycles. The number of carbonyl (C=O) groups excluding carboxylic acids is 1. The minimum absolute atomic E-state index is 0.0531. The van der Waals surface area contributed by atoms with Crippen LogP contribution in [0.2, 0.25) is 0 Å². The number of benzene rings is 1. The van der Waals surface area contributed by atoms with E-state index in [1.165, 1.54) is 6.33 Å². The van der Waals surface area contributed by atoms with Crippen LogP contribution in [0.15, 0.2) is 36.9 Å². The van der Waals surface area contributed by atoms with E-state index in [2.05, 4.69) is 10.1 Å². The average molecular weight is 340 g/mol. The molecule has 1 aromatic carbocycles. The van der Waals surface area contributed by atoms with Gasteiger partial charge < -0.3 is 10.0 Å². The van der Waals surface area contributed by atoms with Crippen LogP contribution in [-0.2, 0) is 4.79 Å². The standard InChI is InChI=1S/C18H20N4O3/c23-17(12-5-7-14(8-6-12)21-11-19-10-20-21)22-15-4-2-1-3-13(15)9-16(22)18(24)25/h5-8,10-11,13,15-16H,1-4,9H2,(H,24,25)/t13-,15-,16-/m0/s1. The van der Waals surface area contributed by atoms with Crippen molar-refractivity contribution in [3.8, 4) is 5.69 Å². The first-order valence-electron chi connectivity index (χ1n) is 8.65. The molecule has 25 heavy (non-hydrogen) atoms. The molecule has 1 amide bonds. The molecule has 2 aromatic rings. The lowest BCUT2D eigenvalue weighted by Gasteiger charge is -2.33. The molecule has 1 aromatic heterocycles. The van der Waals surface area contributed by atoms with Crippen molar-refractivity contribution >= 4 is 11.9 Å². The molecule has 7 heteroatoms. The monoisotopic (exact) mass is 340 g/mol. The second-order valence-electron chi connectivity index (χ2n) is 6.80. The molecule has 2 aliphatic rings. The predicted molar refractivity (Wildman–Crippen MR) is 89.3 cm³/mol. The van der Waals surface area contributed by atoms with Gasteiger partial charge in [0.25, 0.3) is 5.91 Å². The summed E-state index contributed by atoms with van der Waals surface area (Å²) in [5.41, 5.74) is 1.32. The Morgan fingerprint density at radius 2 is 1.88 bits per heavy atom. The van der Waals surface area contributed by atoms with Crippen LogP contribution < -0.4 is 0 Å². The lowest BCUT2D eigenvalue weighted by molar-refractivity contribution is -0.141. The summed E-state index contributed by atoms with van der Waals surface area (Å²) in [6, 6.07) is 6.40. The highest BCUT2D eigenvalue weighted by molar-refractivity contribution is 5.97. The molecule has 0 spiro atoms. The van der Waals surface area contributed by atoms with Crippen molar-refractivity contribution in [1.29, 1.82) is 0 Å². The molecule has 4 rings (SSSR count). The van der Waals surface area contributed by atoms with Gasteiger partial charge in [-0.25, -0.2) is 14.5 Å². The fourth-order valence-electron chi connectivity index (χ4n) is 4.22. The number of hydrogen-bond donors (Lipinski definition) is 1. The van der Waals surface area contributed by atoms with Crippen molar-refractivity contribution in [3.63, 3.8) is 0 Å². The number of nitrogens with zero attached hydrogens (tertiary/aromatic N) is 4. The van der Waals surface area contributed by atoms with Crippen LogP contribution in [0.4, 0.5) is 0 Å². The Bertz CT molecular complexity index is 772. The van der Waals surface area contributed by atoms with E-state index < -0.39 is 12.0 Å². The normalized spacial score (nSPS) is 25.6. The van der Waals surface area contributed by atoms with Crippen LogP contribution in [0, 0.1) is 5.92 Å². The number of carboxylic acids is 1. The average Bonchev–Trinajstić information content (AvgIpc) is 3.29. The highest BCUT2D eigenvalue weighted by Gasteiger charge is 2.47. The van der Waals surface area contributed by atoms with Gasteiger partial charge >= 0.3 is 5.97 Å². The van der Waals surface area contributed by atoms with Gasteiger partial charge in [-0.3, -0.25) is 4.79 Å². The van der Waals surface area contributed by atoms with E-state index in [1.54, 1.807) is 40.2 Å². The Hall–Kier alpha value is -2.70. The topological polar surface area (TPSA) is 88.3 Å². The minimum atomic E-state index is -0.901. The van der Waals surface area contributed by atoms with E-state index in [0.29, 0.717) is 17.9 Å². The van der Waals surface area contributed by atoms with Gasteiger partial charge in [0, 0.05) is 11.6 Å². The number of amides is 1. The summed E-state index contributed by atoms with van der Waals surface area (Å²) in [5, 5.41) is 13.6. The number of carbonyl (C=O) groups is 2. The van der Waals surface area contributed by atoms with Crippen LogP contribution in [0.3, 0.4) is 0 Å². The van der Waals surface area contributed by atoms with E-state index in [9.17, 15) is 14.7 Å². The molecule has 3 atom stereocenters. The van der Waals surface area contributed by atoms with Crippen LogP contribution in [-0.4, -0.2) is 48.7 Å². The molecular formula is C18H20N4O3. The Morgan fingerprint density at radius 3 is 2.56 bits per heavy atom. The maximum absolute atomic E-state index is 13.0. The number of rotatable bonds is 3. The van der Waals surface area contributed by atoms with Gasteiger partial charge in [0.2, 0.25) is 0 Å². The molecular weight excluding hydrogens is 320 g/mol. The van der Waals surface area contributed by atoms with Crippen LogP contribution >= 0.6 is 0 Å². The van der Waals surface area contributed by atoms with Gasteiger partial charge in [-0.05, 0) is 49.4 Å². The van der Waals surface area contributed by atoms with E-state index >= 15 is 0 Å². The summed E-state index contributed by atoms with van der Waals surface area (Å²) >= 11 is 0. The van der Waals surface area contributed by atoms with Gasteiger partial charge in [-0.1, -0.05) is 12.8 Å². The number of aromatic nitrogens is 3. The van der Waals surface area contributed by atoms with Crippen LogP contribution in [0.5, 0.6) is 0 Å². The van der Waals surface area contributed by atoms with Gasteiger partial charge in [-0.2, -0.15) is 5.10 Å². The van der Waals surface area contributed by atoms with Crippen molar-refractivity contribution < 1.29 is 14.7 Å². The second-order valence-corrected chi connectivity index (χ2v) is 6.80. The molecule has 2 fully saturated rings. The van der Waals surface area contributed by atoms with E-state index in [0.717, 1.165) is 31.4 Å². The molecule has 0 radical (unpaired) electrons. The number of likely N-dealkylation sites (tertiary alicyclic amines) is 1. The number of hydrogen-bond acceptors (Lipinski definition) is 4.